The summed E-state index contributed by atoms with van der Waals surface area (Å²) >= 11 is 0. The Balaban J connectivity index is 1.95. The van der Waals surface area contributed by atoms with Crippen molar-refractivity contribution in [1.29, 1.82) is 0 Å². The molecule has 136 valence electrons. The molecule has 6 heteroatoms. The molecular weight excluding hydrogens is 320 g/mol. The summed E-state index contributed by atoms with van der Waals surface area (Å²) in [5.41, 5.74) is 0.860. The van der Waals surface area contributed by atoms with E-state index in [-0.39, 0.29) is 24.2 Å². The number of hydrogen-bond acceptors (Lipinski definition) is 3. The number of piperidine rings is 1. The van der Waals surface area contributed by atoms with Crippen LogP contribution in [0, 0.1) is 5.92 Å². The molecule has 1 aromatic rings. The predicted molar refractivity (Wildman–Crippen MR) is 93.9 cm³/mol. The van der Waals surface area contributed by atoms with E-state index in [1.54, 1.807) is 4.90 Å². The third-order valence-corrected chi connectivity index (χ3v) is 4.51. The van der Waals surface area contributed by atoms with E-state index in [1.807, 2.05) is 37.3 Å². The minimum absolute atomic E-state index is 0.0686. The molecule has 0 aliphatic carbocycles. The molecule has 6 nitrogen and oxygen atoms in total. The van der Waals surface area contributed by atoms with Gasteiger partial charge < -0.3 is 15.3 Å². The maximum Gasteiger partial charge on any atom is 0.326 e. The number of carboxylic acids is 1. The number of benzene rings is 1. The van der Waals surface area contributed by atoms with Crippen molar-refractivity contribution >= 4 is 17.8 Å². The highest BCUT2D eigenvalue weighted by Gasteiger charge is 2.30. The van der Waals surface area contributed by atoms with Gasteiger partial charge in [-0.05, 0) is 24.8 Å². The van der Waals surface area contributed by atoms with E-state index < -0.39 is 12.0 Å². The third-order valence-electron chi connectivity index (χ3n) is 4.51. The van der Waals surface area contributed by atoms with Crippen molar-refractivity contribution in [2.75, 3.05) is 13.1 Å². The van der Waals surface area contributed by atoms with Crippen LogP contribution in [0.25, 0.3) is 0 Å². The van der Waals surface area contributed by atoms with Crippen LogP contribution in [0.1, 0.15) is 38.2 Å². The molecule has 1 saturated heterocycles. The van der Waals surface area contributed by atoms with Crippen LogP contribution < -0.4 is 5.32 Å². The molecule has 2 N–H and O–H groups in total. The van der Waals surface area contributed by atoms with Crippen molar-refractivity contribution in [3.05, 3.63) is 35.9 Å². The predicted octanol–water partition coefficient (Wildman–Crippen LogP) is 1.84. The van der Waals surface area contributed by atoms with Crippen LogP contribution >= 0.6 is 0 Å². The number of amides is 2. The normalized spacial score (nSPS) is 18.4. The summed E-state index contributed by atoms with van der Waals surface area (Å²) in [6, 6.07) is 8.27. The smallest absolute Gasteiger partial charge is 0.326 e. The Morgan fingerprint density at radius 2 is 2.00 bits per heavy atom. The van der Waals surface area contributed by atoms with Gasteiger partial charge in [-0.1, -0.05) is 37.3 Å². The van der Waals surface area contributed by atoms with E-state index in [9.17, 15) is 19.5 Å². The highest BCUT2D eigenvalue weighted by Crippen LogP contribution is 2.18. The van der Waals surface area contributed by atoms with Gasteiger partial charge in [0.2, 0.25) is 11.8 Å². The number of aliphatic carboxylic acids is 1. The van der Waals surface area contributed by atoms with Gasteiger partial charge in [0, 0.05) is 25.9 Å². The summed E-state index contributed by atoms with van der Waals surface area (Å²) in [6.07, 6.45) is 2.96. The monoisotopic (exact) mass is 346 g/mol. The van der Waals surface area contributed by atoms with Crippen LogP contribution in [-0.4, -0.2) is 46.9 Å². The number of hydrogen-bond donors (Lipinski definition) is 2. The minimum Gasteiger partial charge on any atom is -0.480 e. The first kappa shape index (κ1) is 19.0. The quantitative estimate of drug-likeness (QED) is 0.789. The molecule has 1 unspecified atom stereocenters. The maximum atomic E-state index is 12.5. The van der Waals surface area contributed by atoms with Crippen LogP contribution in [0.4, 0.5) is 0 Å². The zero-order valence-electron chi connectivity index (χ0n) is 14.6. The number of carboxylic acid groups (broad SMARTS) is 1. The molecule has 2 amide bonds. The second-order valence-corrected chi connectivity index (χ2v) is 6.52. The van der Waals surface area contributed by atoms with Gasteiger partial charge in [-0.3, -0.25) is 9.59 Å². The van der Waals surface area contributed by atoms with Gasteiger partial charge in [0.15, 0.2) is 0 Å². The van der Waals surface area contributed by atoms with Gasteiger partial charge in [0.25, 0.3) is 0 Å². The Morgan fingerprint density at radius 3 is 2.64 bits per heavy atom. The van der Waals surface area contributed by atoms with Gasteiger partial charge in [0.1, 0.15) is 6.04 Å². The summed E-state index contributed by atoms with van der Waals surface area (Å²) in [7, 11) is 0. The zero-order chi connectivity index (χ0) is 18.2. The summed E-state index contributed by atoms with van der Waals surface area (Å²) < 4.78 is 0. The fourth-order valence-corrected chi connectivity index (χ4v) is 3.13. The molecule has 1 aliphatic rings. The van der Waals surface area contributed by atoms with Crippen molar-refractivity contribution < 1.29 is 19.5 Å². The van der Waals surface area contributed by atoms with Crippen molar-refractivity contribution in [1.82, 2.24) is 10.2 Å². The fraction of sp³-hybridized carbons (Fsp3) is 0.526. The molecule has 25 heavy (non-hydrogen) atoms. The summed E-state index contributed by atoms with van der Waals surface area (Å²) in [4.78, 5) is 37.8. The average Bonchev–Trinajstić information content (AvgIpc) is 2.62. The SMILES string of the molecule is CCCC(=O)N1CCCC(C(=O)N[C@@H](Cc2ccccc2)C(=O)O)C1. The lowest BCUT2D eigenvalue weighted by Crippen LogP contribution is -2.50. The van der Waals surface area contributed by atoms with Crippen LogP contribution in [0.3, 0.4) is 0 Å². The van der Waals surface area contributed by atoms with Crippen LogP contribution in [-0.2, 0) is 20.8 Å². The lowest BCUT2D eigenvalue weighted by atomic mass is 9.96. The lowest BCUT2D eigenvalue weighted by molar-refractivity contribution is -0.143. The number of carbonyl (C=O) groups excluding carboxylic acids is 2. The Kier molecular flexibility index (Phi) is 6.98. The standard InChI is InChI=1S/C19H26N2O4/c1-2-7-17(22)21-11-6-10-15(13-21)18(23)20-16(19(24)25)12-14-8-4-3-5-9-14/h3-5,8-9,15-16H,2,6-7,10-13H2,1H3,(H,20,23)(H,24,25)/t15?,16-/m0/s1. The van der Waals surface area contributed by atoms with Crippen molar-refractivity contribution in [2.24, 2.45) is 5.92 Å². The number of nitrogens with zero attached hydrogens (tertiary/aromatic N) is 1. The van der Waals surface area contributed by atoms with E-state index in [0.717, 1.165) is 18.4 Å². The van der Waals surface area contributed by atoms with E-state index in [1.165, 1.54) is 0 Å². The van der Waals surface area contributed by atoms with Gasteiger partial charge in [-0.15, -0.1) is 0 Å². The molecule has 1 aliphatic heterocycles. The average molecular weight is 346 g/mol. The van der Waals surface area contributed by atoms with E-state index in [4.69, 9.17) is 0 Å². The van der Waals surface area contributed by atoms with Crippen molar-refractivity contribution in [2.45, 2.75) is 45.1 Å². The van der Waals surface area contributed by atoms with E-state index >= 15 is 0 Å². The maximum absolute atomic E-state index is 12.5. The highest BCUT2D eigenvalue weighted by atomic mass is 16.4. The first-order chi connectivity index (χ1) is 12.0. The van der Waals surface area contributed by atoms with Gasteiger partial charge in [-0.2, -0.15) is 0 Å². The Morgan fingerprint density at radius 1 is 1.28 bits per heavy atom. The largest absolute Gasteiger partial charge is 0.480 e. The number of nitrogens with one attached hydrogen (secondary N) is 1. The molecule has 0 aromatic heterocycles. The molecule has 0 saturated carbocycles. The van der Waals surface area contributed by atoms with Gasteiger partial charge in [-0.25, -0.2) is 4.79 Å². The van der Waals surface area contributed by atoms with Gasteiger partial charge >= 0.3 is 5.97 Å². The number of rotatable bonds is 7. The first-order valence-electron chi connectivity index (χ1n) is 8.86. The number of likely N-dealkylation sites (tertiary alicyclic amines) is 1. The van der Waals surface area contributed by atoms with Gasteiger partial charge in [0.05, 0.1) is 5.92 Å². The number of carbonyl (C=O) groups is 3. The topological polar surface area (TPSA) is 86.7 Å². The second-order valence-electron chi connectivity index (χ2n) is 6.52. The molecule has 2 rings (SSSR count). The van der Waals surface area contributed by atoms with Crippen molar-refractivity contribution in [3.63, 3.8) is 0 Å². The van der Waals surface area contributed by atoms with Crippen LogP contribution in [0.2, 0.25) is 0 Å². The highest BCUT2D eigenvalue weighted by molar-refractivity contribution is 5.86. The van der Waals surface area contributed by atoms with E-state index in [2.05, 4.69) is 5.32 Å². The second kappa shape index (κ2) is 9.20. The Hall–Kier alpha value is -2.37. The molecule has 0 spiro atoms. The molecule has 1 aromatic carbocycles. The molecule has 1 fully saturated rings. The zero-order valence-corrected chi connectivity index (χ0v) is 14.6. The Labute approximate surface area is 148 Å². The molecule has 1 heterocycles. The molecule has 2 atom stereocenters. The first-order valence-corrected chi connectivity index (χ1v) is 8.86. The third kappa shape index (κ3) is 5.59. The molecule has 0 radical (unpaired) electrons. The summed E-state index contributed by atoms with van der Waals surface area (Å²) in [5, 5.41) is 12.1. The molecule has 0 bridgehead atoms. The minimum atomic E-state index is -1.05. The lowest BCUT2D eigenvalue weighted by Gasteiger charge is -2.32. The summed E-state index contributed by atoms with van der Waals surface area (Å²) in [5.74, 6) is -1.60. The van der Waals surface area contributed by atoms with Crippen LogP contribution in [0.5, 0.6) is 0 Å². The van der Waals surface area contributed by atoms with Crippen molar-refractivity contribution in [3.8, 4) is 0 Å². The van der Waals surface area contributed by atoms with E-state index in [0.29, 0.717) is 25.9 Å². The Bertz CT molecular complexity index is 603. The molecular formula is C19H26N2O4. The van der Waals surface area contributed by atoms with Crippen LogP contribution in [0.15, 0.2) is 30.3 Å². The fourth-order valence-electron chi connectivity index (χ4n) is 3.13. The summed E-state index contributed by atoms with van der Waals surface area (Å²) in [6.45, 7) is 3.00.